The third kappa shape index (κ3) is 2.62. The maximum atomic E-state index is 11.4. The highest BCUT2D eigenvalue weighted by Crippen LogP contribution is 2.03. The van der Waals surface area contributed by atoms with Crippen LogP contribution in [0.25, 0.3) is 0 Å². The molecule has 0 fully saturated rings. The molecule has 1 rings (SSSR count). The van der Waals surface area contributed by atoms with Crippen molar-refractivity contribution in [3.05, 3.63) is 35.9 Å². The minimum absolute atomic E-state index is 0.299. The van der Waals surface area contributed by atoms with E-state index in [0.717, 1.165) is 11.6 Å². The van der Waals surface area contributed by atoms with E-state index in [9.17, 15) is 4.79 Å². The molecular weight excluding hydrogens is 164 g/mol. The van der Waals surface area contributed by atoms with Crippen LogP contribution < -0.4 is 0 Å². The Morgan fingerprint density at radius 3 is 2.58 bits per heavy atom. The van der Waals surface area contributed by atoms with E-state index in [1.165, 1.54) is 6.04 Å². The van der Waals surface area contributed by atoms with Gasteiger partial charge in [-0.25, -0.2) is 0 Å². The number of hydrogen-bond donors (Lipinski definition) is 0. The number of benzene rings is 1. The van der Waals surface area contributed by atoms with Crippen molar-refractivity contribution >= 4 is 15.3 Å². The summed E-state index contributed by atoms with van der Waals surface area (Å²) in [5, 5.41) is 0. The SMILES string of the molecule is CC[SiH+]CC(=O)c1ccccc1. The van der Waals surface area contributed by atoms with Crippen LogP contribution in [-0.2, 0) is 0 Å². The Hall–Kier alpha value is -0.893. The van der Waals surface area contributed by atoms with E-state index >= 15 is 0 Å². The zero-order valence-electron chi connectivity index (χ0n) is 7.29. The molecule has 1 aromatic carbocycles. The number of rotatable bonds is 4. The molecule has 1 nitrogen and oxygen atoms in total. The maximum Gasteiger partial charge on any atom is 0.307 e. The molecule has 0 saturated heterocycles. The van der Waals surface area contributed by atoms with Gasteiger partial charge in [-0.05, 0) is 6.92 Å². The molecule has 0 aromatic heterocycles. The van der Waals surface area contributed by atoms with Gasteiger partial charge in [-0.1, -0.05) is 30.3 Å². The summed E-state index contributed by atoms with van der Waals surface area (Å²) in [6, 6.07) is 11.5. The van der Waals surface area contributed by atoms with E-state index in [1.54, 1.807) is 0 Å². The summed E-state index contributed by atoms with van der Waals surface area (Å²) in [5.74, 6) is 0.299. The molecule has 62 valence electrons. The predicted molar refractivity (Wildman–Crippen MR) is 53.2 cm³/mol. The van der Waals surface area contributed by atoms with Crippen LogP contribution in [0.2, 0.25) is 12.1 Å². The van der Waals surface area contributed by atoms with Crippen molar-refractivity contribution in [2.24, 2.45) is 0 Å². The second kappa shape index (κ2) is 4.88. The Bertz CT molecular complexity index is 243. The van der Waals surface area contributed by atoms with Crippen LogP contribution in [0.1, 0.15) is 17.3 Å². The molecule has 12 heavy (non-hydrogen) atoms. The third-order valence-electron chi connectivity index (χ3n) is 1.71. The first-order chi connectivity index (χ1) is 5.84. The Kier molecular flexibility index (Phi) is 3.74. The van der Waals surface area contributed by atoms with Gasteiger partial charge in [0.05, 0.1) is 6.04 Å². The van der Waals surface area contributed by atoms with Crippen LogP contribution >= 0.6 is 0 Å². The third-order valence-corrected chi connectivity index (χ3v) is 2.95. The lowest BCUT2D eigenvalue weighted by Gasteiger charge is -1.92. The van der Waals surface area contributed by atoms with Crippen molar-refractivity contribution in [1.82, 2.24) is 0 Å². The smallest absolute Gasteiger partial charge is 0.291 e. The molecule has 0 aliphatic carbocycles. The average molecular weight is 177 g/mol. The Labute approximate surface area is 75.6 Å². The van der Waals surface area contributed by atoms with Gasteiger partial charge in [0, 0.05) is 5.56 Å². The van der Waals surface area contributed by atoms with Gasteiger partial charge >= 0.3 is 9.52 Å². The van der Waals surface area contributed by atoms with Crippen molar-refractivity contribution in [2.75, 3.05) is 0 Å². The second-order valence-electron chi connectivity index (χ2n) is 2.69. The molecule has 0 radical (unpaired) electrons. The van der Waals surface area contributed by atoms with Gasteiger partial charge in [0.2, 0.25) is 0 Å². The lowest BCUT2D eigenvalue weighted by atomic mass is 10.2. The minimum Gasteiger partial charge on any atom is -0.291 e. The van der Waals surface area contributed by atoms with E-state index < -0.39 is 0 Å². The molecule has 0 amide bonds. The highest BCUT2D eigenvalue weighted by molar-refractivity contribution is 6.42. The molecule has 0 aliphatic rings. The van der Waals surface area contributed by atoms with Gasteiger partial charge in [0.1, 0.15) is 6.04 Å². The van der Waals surface area contributed by atoms with Crippen molar-refractivity contribution < 1.29 is 4.79 Å². The largest absolute Gasteiger partial charge is 0.307 e. The highest BCUT2D eigenvalue weighted by atomic mass is 28.2. The second-order valence-corrected chi connectivity index (χ2v) is 4.49. The molecule has 0 atom stereocenters. The zero-order chi connectivity index (χ0) is 8.81. The van der Waals surface area contributed by atoms with E-state index in [2.05, 4.69) is 6.92 Å². The molecule has 2 heteroatoms. The van der Waals surface area contributed by atoms with Gasteiger partial charge in [0.15, 0.2) is 5.78 Å². The van der Waals surface area contributed by atoms with Crippen molar-refractivity contribution in [2.45, 2.75) is 19.0 Å². The Morgan fingerprint density at radius 2 is 2.00 bits per heavy atom. The fraction of sp³-hybridized carbons (Fsp3) is 0.300. The summed E-state index contributed by atoms with van der Waals surface area (Å²) in [6.45, 7) is 2.13. The van der Waals surface area contributed by atoms with Crippen molar-refractivity contribution in [3.8, 4) is 0 Å². The lowest BCUT2D eigenvalue weighted by molar-refractivity contribution is 0.101. The van der Waals surface area contributed by atoms with Crippen LogP contribution in [0.15, 0.2) is 30.3 Å². The molecule has 0 aliphatic heterocycles. The Balaban J connectivity index is 2.54. The first-order valence-electron chi connectivity index (χ1n) is 4.24. The summed E-state index contributed by atoms with van der Waals surface area (Å²) >= 11 is 0. The minimum atomic E-state index is 0.299. The molecular formula is C10H13OSi+. The van der Waals surface area contributed by atoms with E-state index in [0.29, 0.717) is 15.3 Å². The summed E-state index contributed by atoms with van der Waals surface area (Å²) in [4.78, 5) is 11.4. The van der Waals surface area contributed by atoms with Gasteiger partial charge in [-0.3, -0.25) is 4.79 Å². The van der Waals surface area contributed by atoms with Crippen LogP contribution in [-0.4, -0.2) is 15.3 Å². The van der Waals surface area contributed by atoms with Crippen LogP contribution in [0.5, 0.6) is 0 Å². The number of ketones is 1. The molecule has 0 heterocycles. The lowest BCUT2D eigenvalue weighted by Crippen LogP contribution is -2.01. The molecule has 0 saturated carbocycles. The maximum absolute atomic E-state index is 11.4. The van der Waals surface area contributed by atoms with Gasteiger partial charge in [-0.15, -0.1) is 0 Å². The van der Waals surface area contributed by atoms with E-state index in [4.69, 9.17) is 0 Å². The monoisotopic (exact) mass is 177 g/mol. The molecule has 0 spiro atoms. The number of hydrogen-bond acceptors (Lipinski definition) is 1. The topological polar surface area (TPSA) is 17.1 Å². The summed E-state index contributed by atoms with van der Waals surface area (Å²) in [6.07, 6.45) is 0. The van der Waals surface area contributed by atoms with Crippen LogP contribution in [0.3, 0.4) is 0 Å². The molecule has 0 unspecified atom stereocenters. The van der Waals surface area contributed by atoms with Gasteiger partial charge in [-0.2, -0.15) is 0 Å². The first kappa shape index (κ1) is 9.20. The Morgan fingerprint density at radius 1 is 1.33 bits per heavy atom. The number of carbonyl (C=O) groups excluding carboxylic acids is 1. The predicted octanol–water partition coefficient (Wildman–Crippen LogP) is 2.16. The van der Waals surface area contributed by atoms with E-state index in [1.807, 2.05) is 30.3 Å². The van der Waals surface area contributed by atoms with Gasteiger partial charge < -0.3 is 0 Å². The normalized spacial score (nSPS) is 9.42. The highest BCUT2D eigenvalue weighted by Gasteiger charge is 2.10. The van der Waals surface area contributed by atoms with Crippen LogP contribution in [0, 0.1) is 0 Å². The summed E-state index contributed by atoms with van der Waals surface area (Å²) in [7, 11) is 0.326. The molecule has 1 aromatic rings. The van der Waals surface area contributed by atoms with Gasteiger partial charge in [0.25, 0.3) is 0 Å². The molecule has 0 N–H and O–H groups in total. The quantitative estimate of drug-likeness (QED) is 0.509. The number of carbonyl (C=O) groups is 1. The fourth-order valence-electron chi connectivity index (χ4n) is 1.02. The van der Waals surface area contributed by atoms with Crippen LogP contribution in [0.4, 0.5) is 0 Å². The summed E-state index contributed by atoms with van der Waals surface area (Å²) < 4.78 is 0. The molecule has 0 bridgehead atoms. The zero-order valence-corrected chi connectivity index (χ0v) is 8.44. The number of Topliss-reactive ketones (excluding diaryl/α,β-unsaturated/α-hetero) is 1. The van der Waals surface area contributed by atoms with Crippen molar-refractivity contribution in [1.29, 1.82) is 0 Å². The summed E-state index contributed by atoms with van der Waals surface area (Å²) in [5.41, 5.74) is 0.860. The standard InChI is InChI=1S/C10H13OSi/c1-2-12-8-10(11)9-6-4-3-5-7-9/h3-7,12H,2,8H2,1H3/q+1. The average Bonchev–Trinajstić information content (AvgIpc) is 2.15. The fourth-order valence-corrected chi connectivity index (χ4v) is 1.80. The first-order valence-corrected chi connectivity index (χ1v) is 5.87. The van der Waals surface area contributed by atoms with Crippen molar-refractivity contribution in [3.63, 3.8) is 0 Å². The van der Waals surface area contributed by atoms with E-state index in [-0.39, 0.29) is 0 Å².